The molecule has 3 rings (SSSR count). The maximum Gasteiger partial charge on any atom is 0.224 e. The first-order chi connectivity index (χ1) is 12.1. The first-order valence-electron chi connectivity index (χ1n) is 8.67. The van der Waals surface area contributed by atoms with Gasteiger partial charge in [-0.1, -0.05) is 30.3 Å². The van der Waals surface area contributed by atoms with E-state index >= 15 is 0 Å². The van der Waals surface area contributed by atoms with E-state index in [1.165, 1.54) is 5.56 Å². The largest absolute Gasteiger partial charge is 0.475 e. The fraction of sp³-hybridized carbons (Fsp3) is 0.400. The summed E-state index contributed by atoms with van der Waals surface area (Å²) >= 11 is 0. The van der Waals surface area contributed by atoms with Crippen molar-refractivity contribution in [3.63, 3.8) is 0 Å². The first kappa shape index (κ1) is 17.4. The van der Waals surface area contributed by atoms with Crippen molar-refractivity contribution in [3.8, 4) is 5.88 Å². The number of benzene rings is 1. The van der Waals surface area contributed by atoms with Crippen LogP contribution in [0.25, 0.3) is 0 Å². The Labute approximate surface area is 148 Å². The van der Waals surface area contributed by atoms with E-state index < -0.39 is 6.04 Å². The van der Waals surface area contributed by atoms with Gasteiger partial charge in [-0.05, 0) is 43.4 Å². The zero-order valence-electron chi connectivity index (χ0n) is 14.6. The molecule has 25 heavy (non-hydrogen) atoms. The molecule has 5 nitrogen and oxygen atoms in total. The molecule has 1 aromatic carbocycles. The predicted octanol–water partition coefficient (Wildman–Crippen LogP) is 2.82. The minimum Gasteiger partial charge on any atom is -0.475 e. The predicted molar refractivity (Wildman–Crippen MR) is 95.3 cm³/mol. The summed E-state index contributed by atoms with van der Waals surface area (Å²) in [5.41, 5.74) is 1.96. The molecule has 1 aliphatic rings. The maximum atomic E-state index is 12.5. The van der Waals surface area contributed by atoms with Gasteiger partial charge in [-0.15, -0.1) is 0 Å². The molecule has 0 radical (unpaired) electrons. The van der Waals surface area contributed by atoms with Crippen LogP contribution in [0.1, 0.15) is 43.4 Å². The normalized spacial score (nSPS) is 20.2. The molecule has 1 saturated carbocycles. The highest BCUT2D eigenvalue weighted by atomic mass is 16.5. The minimum atomic E-state index is -0.454. The number of pyridine rings is 1. The molecule has 1 aliphatic carbocycles. The molecule has 2 aromatic rings. The summed E-state index contributed by atoms with van der Waals surface area (Å²) in [6.07, 6.45) is 2.55. The number of carbonyl (C=O) groups is 1. The van der Waals surface area contributed by atoms with Crippen molar-refractivity contribution in [2.45, 2.75) is 38.3 Å². The Morgan fingerprint density at radius 1 is 1.28 bits per heavy atom. The molecule has 1 aromatic heterocycles. The van der Waals surface area contributed by atoms with Crippen molar-refractivity contribution in [2.75, 3.05) is 6.61 Å². The van der Waals surface area contributed by atoms with Gasteiger partial charge in [0.05, 0.1) is 18.8 Å². The smallest absolute Gasteiger partial charge is 0.224 e. The van der Waals surface area contributed by atoms with Gasteiger partial charge in [-0.2, -0.15) is 0 Å². The second kappa shape index (κ2) is 7.66. The van der Waals surface area contributed by atoms with Gasteiger partial charge in [-0.25, -0.2) is 4.98 Å². The molecular weight excluding hydrogens is 316 g/mol. The third kappa shape index (κ3) is 4.37. The van der Waals surface area contributed by atoms with Crippen molar-refractivity contribution < 1.29 is 14.6 Å². The zero-order chi connectivity index (χ0) is 17.8. The van der Waals surface area contributed by atoms with Gasteiger partial charge in [0.15, 0.2) is 0 Å². The lowest BCUT2D eigenvalue weighted by Crippen LogP contribution is -2.32. The van der Waals surface area contributed by atoms with Gasteiger partial charge < -0.3 is 15.2 Å². The first-order valence-corrected chi connectivity index (χ1v) is 8.67. The average Bonchev–Trinajstić information content (AvgIpc) is 3.41. The summed E-state index contributed by atoms with van der Waals surface area (Å²) in [6, 6.07) is 13.2. The van der Waals surface area contributed by atoms with E-state index in [0.717, 1.165) is 12.0 Å². The van der Waals surface area contributed by atoms with Crippen LogP contribution in [-0.4, -0.2) is 28.7 Å². The number of amides is 1. The lowest BCUT2D eigenvalue weighted by atomic mass is 10.1. The van der Waals surface area contributed by atoms with Crippen molar-refractivity contribution >= 4 is 5.91 Å². The van der Waals surface area contributed by atoms with E-state index in [0.29, 0.717) is 5.88 Å². The van der Waals surface area contributed by atoms with E-state index in [9.17, 15) is 9.90 Å². The number of hydrogen-bond donors (Lipinski definition) is 2. The highest BCUT2D eigenvalue weighted by Gasteiger charge is 2.44. The summed E-state index contributed by atoms with van der Waals surface area (Å²) in [6.45, 7) is 3.71. The third-order valence-corrected chi connectivity index (χ3v) is 4.37. The van der Waals surface area contributed by atoms with Gasteiger partial charge >= 0.3 is 0 Å². The number of ether oxygens (including phenoxy) is 1. The van der Waals surface area contributed by atoms with Crippen LogP contribution in [0.5, 0.6) is 5.88 Å². The highest BCUT2D eigenvalue weighted by molar-refractivity contribution is 5.83. The van der Waals surface area contributed by atoms with Crippen molar-refractivity contribution in [1.82, 2.24) is 10.3 Å². The summed E-state index contributed by atoms with van der Waals surface area (Å²) in [7, 11) is 0. The number of hydrogen-bond acceptors (Lipinski definition) is 4. The number of aromatic nitrogens is 1. The van der Waals surface area contributed by atoms with Gasteiger partial charge in [-0.3, -0.25) is 4.79 Å². The molecule has 0 spiro atoms. The van der Waals surface area contributed by atoms with Gasteiger partial charge in [0.1, 0.15) is 0 Å². The van der Waals surface area contributed by atoms with E-state index in [1.807, 2.05) is 38.1 Å². The molecule has 1 amide bonds. The zero-order valence-corrected chi connectivity index (χ0v) is 14.6. The Morgan fingerprint density at radius 3 is 2.64 bits per heavy atom. The van der Waals surface area contributed by atoms with E-state index in [2.05, 4.69) is 22.4 Å². The SMILES string of the molecule is CC(C)Oc1ccc(C(CO)NC(=O)C2CC2c2ccccc2)cn1. The Balaban J connectivity index is 1.60. The van der Waals surface area contributed by atoms with Crippen LogP contribution < -0.4 is 10.1 Å². The van der Waals surface area contributed by atoms with Crippen LogP contribution in [0.4, 0.5) is 0 Å². The summed E-state index contributed by atoms with van der Waals surface area (Å²) < 4.78 is 5.51. The monoisotopic (exact) mass is 340 g/mol. The topological polar surface area (TPSA) is 71.5 Å². The van der Waals surface area contributed by atoms with Crippen LogP contribution in [0.3, 0.4) is 0 Å². The summed E-state index contributed by atoms with van der Waals surface area (Å²) in [4.78, 5) is 16.7. The molecule has 5 heteroatoms. The molecule has 0 saturated heterocycles. The highest BCUT2D eigenvalue weighted by Crippen LogP contribution is 2.47. The number of carbonyl (C=O) groups excluding carboxylic acids is 1. The summed E-state index contributed by atoms with van der Waals surface area (Å²) in [5.74, 6) is 0.775. The van der Waals surface area contributed by atoms with Crippen molar-refractivity contribution in [3.05, 3.63) is 59.8 Å². The Kier molecular flexibility index (Phi) is 5.34. The molecular formula is C20H24N2O3. The standard InChI is InChI=1S/C20H24N2O3/c1-13(2)25-19-9-8-15(11-21-19)18(12-23)22-20(24)17-10-16(17)14-6-4-3-5-7-14/h3-9,11,13,16-18,23H,10,12H2,1-2H3,(H,22,24). The van der Waals surface area contributed by atoms with Crippen molar-refractivity contribution in [1.29, 1.82) is 0 Å². The Bertz CT molecular complexity index is 701. The average molecular weight is 340 g/mol. The lowest BCUT2D eigenvalue weighted by Gasteiger charge is -2.17. The molecule has 1 fully saturated rings. The molecule has 2 N–H and O–H groups in total. The van der Waals surface area contributed by atoms with E-state index in [1.54, 1.807) is 12.3 Å². The molecule has 3 atom stereocenters. The molecule has 3 unspecified atom stereocenters. The molecule has 0 aliphatic heterocycles. The second-order valence-corrected chi connectivity index (χ2v) is 6.70. The second-order valence-electron chi connectivity index (χ2n) is 6.70. The van der Waals surface area contributed by atoms with Gasteiger partial charge in [0, 0.05) is 18.2 Å². The van der Waals surface area contributed by atoms with Crippen LogP contribution >= 0.6 is 0 Å². The van der Waals surface area contributed by atoms with Crippen molar-refractivity contribution in [2.24, 2.45) is 5.92 Å². The van der Waals surface area contributed by atoms with Crippen LogP contribution in [0.15, 0.2) is 48.7 Å². The summed E-state index contributed by atoms with van der Waals surface area (Å²) in [5, 5.41) is 12.6. The van der Waals surface area contributed by atoms with Gasteiger partial charge in [0.2, 0.25) is 11.8 Å². The Morgan fingerprint density at radius 2 is 2.04 bits per heavy atom. The van der Waals surface area contributed by atoms with Crippen LogP contribution in [-0.2, 0) is 4.79 Å². The number of rotatable bonds is 7. The number of nitrogens with one attached hydrogen (secondary N) is 1. The quantitative estimate of drug-likeness (QED) is 0.813. The number of aliphatic hydroxyl groups excluding tert-OH is 1. The molecule has 0 bridgehead atoms. The fourth-order valence-corrected chi connectivity index (χ4v) is 2.98. The number of aliphatic hydroxyl groups is 1. The maximum absolute atomic E-state index is 12.5. The van der Waals surface area contributed by atoms with Gasteiger partial charge in [0.25, 0.3) is 0 Å². The minimum absolute atomic E-state index is 0.0181. The van der Waals surface area contributed by atoms with E-state index in [4.69, 9.17) is 4.74 Å². The van der Waals surface area contributed by atoms with Crippen LogP contribution in [0, 0.1) is 5.92 Å². The number of nitrogens with zero attached hydrogens (tertiary/aromatic N) is 1. The molecule has 1 heterocycles. The third-order valence-electron chi connectivity index (χ3n) is 4.37. The lowest BCUT2D eigenvalue weighted by molar-refractivity contribution is -0.123. The fourth-order valence-electron chi connectivity index (χ4n) is 2.98. The Hall–Kier alpha value is -2.40. The molecule has 132 valence electrons. The van der Waals surface area contributed by atoms with E-state index in [-0.39, 0.29) is 30.5 Å². The van der Waals surface area contributed by atoms with Crippen LogP contribution in [0.2, 0.25) is 0 Å².